The molecule has 0 fully saturated rings. The predicted octanol–water partition coefficient (Wildman–Crippen LogP) is 4.26. The van der Waals surface area contributed by atoms with Gasteiger partial charge in [0, 0.05) is 17.8 Å². The first-order chi connectivity index (χ1) is 14.7. The van der Waals surface area contributed by atoms with Gasteiger partial charge in [-0.2, -0.15) is 0 Å². The number of nitrogens with one attached hydrogen (secondary N) is 1. The average molecular weight is 479 g/mol. The molecule has 1 aromatic heterocycles. The van der Waals surface area contributed by atoms with Crippen molar-refractivity contribution in [1.82, 2.24) is 14.8 Å². The van der Waals surface area contributed by atoms with Crippen molar-refractivity contribution >= 4 is 44.8 Å². The van der Waals surface area contributed by atoms with E-state index in [9.17, 15) is 13.2 Å². The quantitative estimate of drug-likeness (QED) is 0.486. The van der Waals surface area contributed by atoms with Gasteiger partial charge in [-0.15, -0.1) is 10.2 Å². The standard InChI is InChI=1S/C21H23ClN4O3S2/c1-4-18(20(27)23-16-9-7-15(22)8-10-16)30-21-25-24-19(26(21)3)13-31(28,29)17-11-5-14(2)6-12-17/h5-12,18H,4,13H2,1-3H3,(H,23,27). The molecule has 164 valence electrons. The van der Waals surface area contributed by atoms with E-state index in [0.29, 0.717) is 28.1 Å². The first-order valence-corrected chi connectivity index (χ1v) is 12.5. The molecule has 10 heteroatoms. The Hall–Kier alpha value is -2.36. The van der Waals surface area contributed by atoms with Crippen LogP contribution in [0.15, 0.2) is 58.6 Å². The largest absolute Gasteiger partial charge is 0.325 e. The third-order valence-electron chi connectivity index (χ3n) is 4.65. The minimum absolute atomic E-state index is 0.174. The summed E-state index contributed by atoms with van der Waals surface area (Å²) in [6.07, 6.45) is 0.563. The summed E-state index contributed by atoms with van der Waals surface area (Å²) in [5.41, 5.74) is 1.63. The van der Waals surface area contributed by atoms with Crippen LogP contribution in [0, 0.1) is 6.92 Å². The highest BCUT2D eigenvalue weighted by Crippen LogP contribution is 2.26. The molecular weight excluding hydrogens is 456 g/mol. The summed E-state index contributed by atoms with van der Waals surface area (Å²) in [5, 5.41) is 11.7. The van der Waals surface area contributed by atoms with E-state index in [1.54, 1.807) is 60.1 Å². The molecule has 1 N–H and O–H groups in total. The van der Waals surface area contributed by atoms with Gasteiger partial charge in [-0.3, -0.25) is 4.79 Å². The van der Waals surface area contributed by atoms with Gasteiger partial charge in [-0.1, -0.05) is 48.0 Å². The van der Waals surface area contributed by atoms with Crippen LogP contribution in [0.2, 0.25) is 5.02 Å². The minimum Gasteiger partial charge on any atom is -0.325 e. The maximum atomic E-state index is 12.7. The number of carbonyl (C=O) groups is 1. The fraction of sp³-hybridized carbons (Fsp3) is 0.286. The van der Waals surface area contributed by atoms with Crippen molar-refractivity contribution in [2.75, 3.05) is 5.32 Å². The molecule has 0 bridgehead atoms. The second-order valence-corrected chi connectivity index (χ2v) is 10.6. The first kappa shape index (κ1) is 23.3. The van der Waals surface area contributed by atoms with Crippen LogP contribution in [0.3, 0.4) is 0 Å². The normalized spacial score (nSPS) is 12.5. The van der Waals surface area contributed by atoms with Crippen LogP contribution >= 0.6 is 23.4 Å². The van der Waals surface area contributed by atoms with Crippen LogP contribution in [0.5, 0.6) is 0 Å². The van der Waals surface area contributed by atoms with E-state index in [1.807, 2.05) is 13.8 Å². The Kier molecular flexibility index (Phi) is 7.40. The number of hydrogen-bond acceptors (Lipinski definition) is 6. The van der Waals surface area contributed by atoms with E-state index in [1.165, 1.54) is 11.8 Å². The third kappa shape index (κ3) is 5.87. The fourth-order valence-corrected chi connectivity index (χ4v) is 5.15. The fourth-order valence-electron chi connectivity index (χ4n) is 2.78. The molecular formula is C21H23ClN4O3S2. The second-order valence-electron chi connectivity index (χ2n) is 7.04. The van der Waals surface area contributed by atoms with Crippen LogP contribution in [-0.4, -0.2) is 34.3 Å². The summed E-state index contributed by atoms with van der Waals surface area (Å²) < 4.78 is 27.1. The Morgan fingerprint density at radius 2 is 1.77 bits per heavy atom. The molecule has 0 saturated heterocycles. The SMILES string of the molecule is CCC(Sc1nnc(CS(=O)(=O)c2ccc(C)cc2)n1C)C(=O)Nc1ccc(Cl)cc1. The van der Waals surface area contributed by atoms with Gasteiger partial charge in [-0.25, -0.2) is 8.42 Å². The topological polar surface area (TPSA) is 93.9 Å². The molecule has 1 atom stereocenters. The lowest BCUT2D eigenvalue weighted by atomic mass is 10.2. The van der Waals surface area contributed by atoms with E-state index < -0.39 is 15.1 Å². The molecule has 1 unspecified atom stereocenters. The molecule has 0 aliphatic carbocycles. The van der Waals surface area contributed by atoms with E-state index in [2.05, 4.69) is 15.5 Å². The van der Waals surface area contributed by atoms with E-state index in [-0.39, 0.29) is 16.6 Å². The van der Waals surface area contributed by atoms with Crippen molar-refractivity contribution in [2.24, 2.45) is 7.05 Å². The Balaban J connectivity index is 1.71. The number of amides is 1. The summed E-state index contributed by atoms with van der Waals surface area (Å²) in [7, 11) is -1.86. The number of benzene rings is 2. The van der Waals surface area contributed by atoms with Crippen LogP contribution in [-0.2, 0) is 27.4 Å². The molecule has 1 amide bonds. The van der Waals surface area contributed by atoms with Gasteiger partial charge < -0.3 is 9.88 Å². The molecule has 3 rings (SSSR count). The number of nitrogens with zero attached hydrogens (tertiary/aromatic N) is 3. The van der Waals surface area contributed by atoms with Crippen LogP contribution in [0.4, 0.5) is 5.69 Å². The molecule has 3 aromatic rings. The van der Waals surface area contributed by atoms with E-state index in [4.69, 9.17) is 11.6 Å². The van der Waals surface area contributed by atoms with Gasteiger partial charge in [0.05, 0.1) is 10.1 Å². The van der Waals surface area contributed by atoms with E-state index in [0.717, 1.165) is 5.56 Å². The van der Waals surface area contributed by atoms with Gasteiger partial charge in [-0.05, 0) is 49.7 Å². The molecule has 0 aliphatic rings. The van der Waals surface area contributed by atoms with Gasteiger partial charge in [0.15, 0.2) is 15.0 Å². The number of anilines is 1. The number of rotatable bonds is 8. The van der Waals surface area contributed by atoms with Crippen molar-refractivity contribution in [3.05, 3.63) is 64.9 Å². The second kappa shape index (κ2) is 9.84. The van der Waals surface area contributed by atoms with Crippen LogP contribution in [0.1, 0.15) is 24.7 Å². The highest BCUT2D eigenvalue weighted by Gasteiger charge is 2.24. The summed E-state index contributed by atoms with van der Waals surface area (Å²) >= 11 is 7.13. The molecule has 7 nitrogen and oxygen atoms in total. The van der Waals surface area contributed by atoms with Gasteiger partial charge in [0.1, 0.15) is 11.6 Å². The number of aromatic nitrogens is 3. The van der Waals surface area contributed by atoms with E-state index >= 15 is 0 Å². The van der Waals surface area contributed by atoms with Crippen molar-refractivity contribution in [3.8, 4) is 0 Å². The van der Waals surface area contributed by atoms with Gasteiger partial charge >= 0.3 is 0 Å². The zero-order valence-corrected chi connectivity index (χ0v) is 19.8. The van der Waals surface area contributed by atoms with Crippen LogP contribution < -0.4 is 5.32 Å². The Labute approximate surface area is 191 Å². The highest BCUT2D eigenvalue weighted by molar-refractivity contribution is 8.00. The maximum Gasteiger partial charge on any atom is 0.237 e. The zero-order chi connectivity index (χ0) is 22.6. The highest BCUT2D eigenvalue weighted by atomic mass is 35.5. The van der Waals surface area contributed by atoms with Crippen molar-refractivity contribution < 1.29 is 13.2 Å². The summed E-state index contributed by atoms with van der Waals surface area (Å²) in [4.78, 5) is 12.9. The Bertz CT molecular complexity index is 1160. The average Bonchev–Trinajstić information content (AvgIpc) is 3.06. The molecule has 31 heavy (non-hydrogen) atoms. The zero-order valence-electron chi connectivity index (χ0n) is 17.4. The van der Waals surface area contributed by atoms with Gasteiger partial charge in [0.2, 0.25) is 5.91 Å². The number of hydrogen-bond donors (Lipinski definition) is 1. The third-order valence-corrected chi connectivity index (χ3v) is 7.93. The summed E-state index contributed by atoms with van der Waals surface area (Å²) in [6.45, 7) is 3.80. The molecule has 2 aromatic carbocycles. The lowest BCUT2D eigenvalue weighted by Crippen LogP contribution is -2.25. The van der Waals surface area contributed by atoms with Crippen molar-refractivity contribution in [3.63, 3.8) is 0 Å². The Morgan fingerprint density at radius 3 is 2.39 bits per heavy atom. The number of sulfone groups is 1. The van der Waals surface area contributed by atoms with Crippen molar-refractivity contribution in [1.29, 1.82) is 0 Å². The molecule has 0 radical (unpaired) electrons. The van der Waals surface area contributed by atoms with Crippen LogP contribution in [0.25, 0.3) is 0 Å². The number of thioether (sulfide) groups is 1. The lowest BCUT2D eigenvalue weighted by molar-refractivity contribution is -0.115. The molecule has 0 aliphatic heterocycles. The predicted molar refractivity (Wildman–Crippen MR) is 123 cm³/mol. The maximum absolute atomic E-state index is 12.7. The number of aryl methyl sites for hydroxylation is 1. The van der Waals surface area contributed by atoms with Crippen molar-refractivity contribution in [2.45, 2.75) is 41.3 Å². The number of halogens is 1. The number of carbonyl (C=O) groups excluding carboxylic acids is 1. The Morgan fingerprint density at radius 1 is 1.13 bits per heavy atom. The monoisotopic (exact) mass is 478 g/mol. The molecule has 0 spiro atoms. The lowest BCUT2D eigenvalue weighted by Gasteiger charge is -2.14. The smallest absolute Gasteiger partial charge is 0.237 e. The summed E-state index contributed by atoms with van der Waals surface area (Å²) in [6, 6.07) is 13.6. The van der Waals surface area contributed by atoms with Gasteiger partial charge in [0.25, 0.3) is 0 Å². The molecule has 0 saturated carbocycles. The summed E-state index contributed by atoms with van der Waals surface area (Å²) in [5.74, 6) is -0.129. The molecule has 1 heterocycles. The first-order valence-electron chi connectivity index (χ1n) is 9.60. The minimum atomic E-state index is -3.56.